The van der Waals surface area contributed by atoms with Crippen molar-refractivity contribution in [2.24, 2.45) is 0 Å². The normalized spacial score (nSPS) is 18.9. The van der Waals surface area contributed by atoms with Gasteiger partial charge in [-0.1, -0.05) is 12.1 Å². The van der Waals surface area contributed by atoms with Crippen LogP contribution in [0.2, 0.25) is 0 Å². The summed E-state index contributed by atoms with van der Waals surface area (Å²) >= 11 is 0. The lowest BCUT2D eigenvalue weighted by Crippen LogP contribution is -2.48. The highest BCUT2D eigenvalue weighted by molar-refractivity contribution is 5.85. The van der Waals surface area contributed by atoms with Crippen molar-refractivity contribution in [1.29, 1.82) is 0 Å². The number of carbonyl (C=O) groups excluding carboxylic acids is 1. The summed E-state index contributed by atoms with van der Waals surface area (Å²) in [7, 11) is 0. The standard InChI is InChI=1S/C16H24N2O4.ClH/c1-11(2)22-13-5-3-12(4-6-13)14(19)9-18-16(20)15-10-17-7-8-21-15;/h3-6,11,14-15,17,19H,7-10H2,1-2H3,(H,18,20);1H. The Morgan fingerprint density at radius 1 is 1.43 bits per heavy atom. The molecule has 0 aliphatic carbocycles. The van der Waals surface area contributed by atoms with E-state index in [9.17, 15) is 9.90 Å². The second-order valence-electron chi connectivity index (χ2n) is 5.56. The van der Waals surface area contributed by atoms with Crippen molar-refractivity contribution in [3.63, 3.8) is 0 Å². The summed E-state index contributed by atoms with van der Waals surface area (Å²) < 4.78 is 10.9. The minimum absolute atomic E-state index is 0. The Morgan fingerprint density at radius 2 is 2.13 bits per heavy atom. The largest absolute Gasteiger partial charge is 0.491 e. The molecule has 1 heterocycles. The Kier molecular flexibility index (Phi) is 8.33. The number of hydrogen-bond acceptors (Lipinski definition) is 5. The third kappa shape index (κ3) is 6.35. The summed E-state index contributed by atoms with van der Waals surface area (Å²) in [4.78, 5) is 11.9. The van der Waals surface area contributed by atoms with Gasteiger partial charge < -0.3 is 25.2 Å². The molecule has 1 fully saturated rings. The van der Waals surface area contributed by atoms with Crippen LogP contribution in [0.5, 0.6) is 5.75 Å². The Morgan fingerprint density at radius 3 is 2.70 bits per heavy atom. The van der Waals surface area contributed by atoms with E-state index >= 15 is 0 Å². The minimum Gasteiger partial charge on any atom is -0.491 e. The van der Waals surface area contributed by atoms with Crippen LogP contribution in [0.15, 0.2) is 24.3 Å². The minimum atomic E-state index is -0.756. The van der Waals surface area contributed by atoms with E-state index < -0.39 is 12.2 Å². The molecule has 1 aromatic carbocycles. The van der Waals surface area contributed by atoms with Crippen LogP contribution >= 0.6 is 12.4 Å². The highest BCUT2D eigenvalue weighted by Gasteiger charge is 2.22. The number of carbonyl (C=O) groups is 1. The molecule has 130 valence electrons. The predicted molar refractivity (Wildman–Crippen MR) is 90.0 cm³/mol. The van der Waals surface area contributed by atoms with Gasteiger partial charge >= 0.3 is 0 Å². The van der Waals surface area contributed by atoms with Crippen molar-refractivity contribution in [2.75, 3.05) is 26.2 Å². The van der Waals surface area contributed by atoms with Gasteiger partial charge in [-0.15, -0.1) is 12.4 Å². The maximum absolute atomic E-state index is 11.9. The zero-order chi connectivity index (χ0) is 15.9. The van der Waals surface area contributed by atoms with Crippen molar-refractivity contribution < 1.29 is 19.4 Å². The molecule has 23 heavy (non-hydrogen) atoms. The van der Waals surface area contributed by atoms with Crippen LogP contribution in [-0.2, 0) is 9.53 Å². The van der Waals surface area contributed by atoms with Gasteiger partial charge in [0.1, 0.15) is 11.9 Å². The molecule has 1 aromatic rings. The van der Waals surface area contributed by atoms with E-state index in [1.807, 2.05) is 26.0 Å². The molecule has 1 saturated heterocycles. The molecule has 1 aliphatic rings. The number of ether oxygens (including phenoxy) is 2. The predicted octanol–water partition coefficient (Wildman–Crippen LogP) is 1.03. The zero-order valence-corrected chi connectivity index (χ0v) is 14.3. The number of halogens is 1. The quantitative estimate of drug-likeness (QED) is 0.718. The maximum Gasteiger partial charge on any atom is 0.250 e. The summed E-state index contributed by atoms with van der Waals surface area (Å²) in [6, 6.07) is 7.23. The number of rotatable bonds is 6. The molecule has 6 nitrogen and oxygen atoms in total. The van der Waals surface area contributed by atoms with Crippen LogP contribution < -0.4 is 15.4 Å². The number of aliphatic hydroxyl groups excluding tert-OH is 1. The SMILES string of the molecule is CC(C)Oc1ccc(C(O)CNC(=O)C2CNCCO2)cc1.Cl. The van der Waals surface area contributed by atoms with E-state index in [1.165, 1.54) is 0 Å². The van der Waals surface area contributed by atoms with E-state index in [4.69, 9.17) is 9.47 Å². The van der Waals surface area contributed by atoms with Crippen LogP contribution in [0.1, 0.15) is 25.5 Å². The van der Waals surface area contributed by atoms with Gasteiger partial charge in [0.15, 0.2) is 0 Å². The first kappa shape index (κ1) is 19.7. The van der Waals surface area contributed by atoms with E-state index in [0.717, 1.165) is 17.9 Å². The fourth-order valence-corrected chi connectivity index (χ4v) is 2.20. The Bertz CT molecular complexity index is 475. The van der Waals surface area contributed by atoms with Crippen molar-refractivity contribution in [3.8, 4) is 5.75 Å². The van der Waals surface area contributed by atoms with E-state index in [1.54, 1.807) is 12.1 Å². The fourth-order valence-electron chi connectivity index (χ4n) is 2.20. The smallest absolute Gasteiger partial charge is 0.250 e. The van der Waals surface area contributed by atoms with Crippen molar-refractivity contribution in [3.05, 3.63) is 29.8 Å². The van der Waals surface area contributed by atoms with Crippen molar-refractivity contribution in [1.82, 2.24) is 10.6 Å². The Hall–Kier alpha value is -1.34. The van der Waals surface area contributed by atoms with E-state index in [-0.39, 0.29) is 31.0 Å². The third-order valence-corrected chi connectivity index (χ3v) is 3.33. The molecule has 0 saturated carbocycles. The van der Waals surface area contributed by atoms with E-state index in [0.29, 0.717) is 13.2 Å². The van der Waals surface area contributed by atoms with Gasteiger partial charge in [0.05, 0.1) is 18.8 Å². The van der Waals surface area contributed by atoms with Crippen LogP contribution in [0, 0.1) is 0 Å². The summed E-state index contributed by atoms with van der Waals surface area (Å²) in [6.07, 6.45) is -1.13. The first-order valence-electron chi connectivity index (χ1n) is 7.61. The average Bonchev–Trinajstić information content (AvgIpc) is 2.53. The lowest BCUT2D eigenvalue weighted by atomic mass is 10.1. The van der Waals surface area contributed by atoms with Gasteiger partial charge in [0.25, 0.3) is 5.91 Å². The van der Waals surface area contributed by atoms with Crippen LogP contribution in [0.4, 0.5) is 0 Å². The van der Waals surface area contributed by atoms with E-state index in [2.05, 4.69) is 10.6 Å². The first-order chi connectivity index (χ1) is 10.6. The molecule has 2 atom stereocenters. The second-order valence-corrected chi connectivity index (χ2v) is 5.56. The van der Waals surface area contributed by atoms with Crippen LogP contribution in [0.25, 0.3) is 0 Å². The molecule has 0 bridgehead atoms. The molecule has 0 spiro atoms. The molecule has 3 N–H and O–H groups in total. The fraction of sp³-hybridized carbons (Fsp3) is 0.562. The molecular formula is C16H25ClN2O4. The summed E-state index contributed by atoms with van der Waals surface area (Å²) in [5.41, 5.74) is 0.735. The number of aliphatic hydroxyl groups is 1. The number of hydrogen-bond donors (Lipinski definition) is 3. The monoisotopic (exact) mass is 344 g/mol. The van der Waals surface area contributed by atoms with Gasteiger partial charge in [-0.3, -0.25) is 4.79 Å². The van der Waals surface area contributed by atoms with Crippen LogP contribution in [0.3, 0.4) is 0 Å². The average molecular weight is 345 g/mol. The maximum atomic E-state index is 11.9. The highest BCUT2D eigenvalue weighted by atomic mass is 35.5. The Labute approximate surface area is 143 Å². The number of amides is 1. The van der Waals surface area contributed by atoms with Crippen molar-refractivity contribution in [2.45, 2.75) is 32.2 Å². The lowest BCUT2D eigenvalue weighted by molar-refractivity contribution is -0.134. The van der Waals surface area contributed by atoms with Gasteiger partial charge in [0, 0.05) is 19.6 Å². The molecule has 7 heteroatoms. The second kappa shape index (κ2) is 9.72. The summed E-state index contributed by atoms with van der Waals surface area (Å²) in [6.45, 7) is 5.86. The highest BCUT2D eigenvalue weighted by Crippen LogP contribution is 2.18. The lowest BCUT2D eigenvalue weighted by Gasteiger charge is -2.23. The van der Waals surface area contributed by atoms with Crippen molar-refractivity contribution >= 4 is 18.3 Å². The third-order valence-electron chi connectivity index (χ3n) is 3.33. The first-order valence-corrected chi connectivity index (χ1v) is 7.61. The Balaban J connectivity index is 0.00000264. The molecule has 2 unspecified atom stereocenters. The summed E-state index contributed by atoms with van der Waals surface area (Å²) in [5, 5.41) is 15.9. The van der Waals surface area contributed by atoms with Gasteiger partial charge in [0.2, 0.25) is 0 Å². The van der Waals surface area contributed by atoms with Crippen LogP contribution in [-0.4, -0.2) is 49.5 Å². The number of benzene rings is 1. The molecule has 1 aliphatic heterocycles. The molecule has 2 rings (SSSR count). The zero-order valence-electron chi connectivity index (χ0n) is 13.5. The topological polar surface area (TPSA) is 79.8 Å². The number of nitrogens with one attached hydrogen (secondary N) is 2. The summed E-state index contributed by atoms with van der Waals surface area (Å²) in [5.74, 6) is 0.558. The molecule has 0 radical (unpaired) electrons. The van der Waals surface area contributed by atoms with Gasteiger partial charge in [-0.05, 0) is 31.5 Å². The molecular weight excluding hydrogens is 320 g/mol. The molecule has 1 amide bonds. The van der Waals surface area contributed by atoms with Gasteiger partial charge in [-0.2, -0.15) is 0 Å². The number of morpholine rings is 1. The van der Waals surface area contributed by atoms with Gasteiger partial charge in [-0.25, -0.2) is 0 Å². The molecule has 0 aromatic heterocycles.